The lowest BCUT2D eigenvalue weighted by Crippen LogP contribution is -2.36. The quantitative estimate of drug-likeness (QED) is 0.591. The Balaban J connectivity index is 1.91. The lowest BCUT2D eigenvalue weighted by atomic mass is 10.00. The summed E-state index contributed by atoms with van der Waals surface area (Å²) in [5, 5.41) is 8.75. The monoisotopic (exact) mass is 440 g/mol. The molecule has 0 unspecified atom stereocenters. The third kappa shape index (κ3) is 3.85. The van der Waals surface area contributed by atoms with Crippen molar-refractivity contribution in [2.24, 2.45) is 5.92 Å². The van der Waals surface area contributed by atoms with Gasteiger partial charge in [-0.05, 0) is 49.1 Å². The topological polar surface area (TPSA) is 86.9 Å². The van der Waals surface area contributed by atoms with E-state index in [1.165, 1.54) is 12.1 Å². The van der Waals surface area contributed by atoms with Crippen LogP contribution < -0.4 is 4.90 Å². The van der Waals surface area contributed by atoms with E-state index in [4.69, 9.17) is 16.6 Å². The first-order valence-corrected chi connectivity index (χ1v) is 11.7. The van der Waals surface area contributed by atoms with Crippen molar-refractivity contribution >= 4 is 38.3 Å². The molecule has 30 heavy (non-hydrogen) atoms. The van der Waals surface area contributed by atoms with E-state index in [0.29, 0.717) is 27.8 Å². The van der Waals surface area contributed by atoms with Gasteiger partial charge in [0.25, 0.3) is 0 Å². The molecule has 0 bridgehead atoms. The van der Waals surface area contributed by atoms with Gasteiger partial charge in [0.2, 0.25) is 9.84 Å². The Morgan fingerprint density at radius 3 is 2.57 bits per heavy atom. The largest absolute Gasteiger partial charge is 0.355 e. The number of halogens is 1. The smallest absolute Gasteiger partial charge is 0.200 e. The van der Waals surface area contributed by atoms with E-state index in [1.54, 1.807) is 18.2 Å². The van der Waals surface area contributed by atoms with Crippen LogP contribution in [0, 0.1) is 17.2 Å². The Labute approximate surface area is 181 Å². The number of benzene rings is 2. The molecule has 154 valence electrons. The molecule has 4 rings (SSSR count). The molecule has 1 fully saturated rings. The van der Waals surface area contributed by atoms with Crippen LogP contribution in [0.5, 0.6) is 0 Å². The number of rotatable bonds is 4. The fraction of sp³-hybridized carbons (Fsp3) is 0.318. The molecular weight excluding hydrogens is 420 g/mol. The summed E-state index contributed by atoms with van der Waals surface area (Å²) in [6.07, 6.45) is 2.09. The summed E-state index contributed by atoms with van der Waals surface area (Å²) in [7, 11) is -4.04. The second-order valence-corrected chi connectivity index (χ2v) is 10.1. The highest BCUT2D eigenvalue weighted by Crippen LogP contribution is 2.35. The zero-order chi connectivity index (χ0) is 21.3. The molecule has 1 aromatic heterocycles. The normalized spacial score (nSPS) is 18.2. The van der Waals surface area contributed by atoms with E-state index < -0.39 is 15.1 Å². The van der Waals surface area contributed by atoms with E-state index in [0.717, 1.165) is 25.9 Å². The standard InChI is InChI=1S/C22H21ClN4O2S/c1-15-6-5-11-27(14-15)22-21(25-18-9-2-3-10-19(18)26-22)20(13-24)30(28,29)17-8-4-7-16(23)12-17/h2-4,7-10,12,15,20H,5-6,11,14H2,1H3/t15-,20+/m0/s1. The number of nitrogens with zero attached hydrogens (tertiary/aromatic N) is 4. The van der Waals surface area contributed by atoms with Crippen LogP contribution in [0.4, 0.5) is 5.82 Å². The molecule has 0 N–H and O–H groups in total. The number of hydrogen-bond acceptors (Lipinski definition) is 6. The summed E-state index contributed by atoms with van der Waals surface area (Å²) >= 11 is 6.01. The van der Waals surface area contributed by atoms with Gasteiger partial charge < -0.3 is 4.90 Å². The van der Waals surface area contributed by atoms with Gasteiger partial charge >= 0.3 is 0 Å². The minimum atomic E-state index is -4.04. The zero-order valence-electron chi connectivity index (χ0n) is 16.5. The van der Waals surface area contributed by atoms with Crippen molar-refractivity contribution in [3.63, 3.8) is 0 Å². The summed E-state index contributed by atoms with van der Waals surface area (Å²) in [6, 6.07) is 15.2. The molecule has 0 radical (unpaired) electrons. The first-order chi connectivity index (χ1) is 14.4. The predicted molar refractivity (Wildman–Crippen MR) is 117 cm³/mol. The van der Waals surface area contributed by atoms with Crippen LogP contribution >= 0.6 is 11.6 Å². The fourth-order valence-corrected chi connectivity index (χ4v) is 5.53. The lowest BCUT2D eigenvalue weighted by Gasteiger charge is -2.33. The van der Waals surface area contributed by atoms with Crippen molar-refractivity contribution in [1.82, 2.24) is 9.97 Å². The molecule has 1 saturated heterocycles. The van der Waals surface area contributed by atoms with Crippen LogP contribution in [-0.2, 0) is 9.84 Å². The molecule has 1 aliphatic heterocycles. The Bertz CT molecular complexity index is 1240. The maximum absolute atomic E-state index is 13.4. The SMILES string of the molecule is C[C@H]1CCCN(c2nc3ccccc3nc2[C@@H](C#N)S(=O)(=O)c2cccc(Cl)c2)C1. The molecule has 2 atom stereocenters. The minimum Gasteiger partial charge on any atom is -0.355 e. The van der Waals surface area contributed by atoms with E-state index in [2.05, 4.69) is 16.8 Å². The van der Waals surface area contributed by atoms with Crippen molar-refractivity contribution in [1.29, 1.82) is 5.26 Å². The van der Waals surface area contributed by atoms with Gasteiger partial charge in [0.15, 0.2) is 11.1 Å². The Kier molecular flexibility index (Phi) is 5.63. The maximum atomic E-state index is 13.4. The van der Waals surface area contributed by atoms with Crippen LogP contribution in [0.25, 0.3) is 11.0 Å². The van der Waals surface area contributed by atoms with E-state index in [1.807, 2.05) is 24.3 Å². The molecule has 8 heteroatoms. The number of aromatic nitrogens is 2. The van der Waals surface area contributed by atoms with Crippen molar-refractivity contribution in [3.05, 3.63) is 59.2 Å². The summed E-state index contributed by atoms with van der Waals surface area (Å²) in [5.74, 6) is 0.919. The number of piperidine rings is 1. The van der Waals surface area contributed by atoms with Gasteiger partial charge in [-0.3, -0.25) is 0 Å². The third-order valence-electron chi connectivity index (χ3n) is 5.34. The van der Waals surface area contributed by atoms with Gasteiger partial charge in [-0.25, -0.2) is 18.4 Å². The first-order valence-electron chi connectivity index (χ1n) is 9.81. The fourth-order valence-electron chi connectivity index (χ4n) is 3.85. The van der Waals surface area contributed by atoms with Crippen LogP contribution in [0.1, 0.15) is 30.7 Å². The minimum absolute atomic E-state index is 0.00512. The van der Waals surface area contributed by atoms with Gasteiger partial charge in [-0.2, -0.15) is 5.26 Å². The van der Waals surface area contributed by atoms with Crippen molar-refractivity contribution in [2.75, 3.05) is 18.0 Å². The molecule has 6 nitrogen and oxygen atoms in total. The van der Waals surface area contributed by atoms with E-state index in [9.17, 15) is 13.7 Å². The summed E-state index contributed by atoms with van der Waals surface area (Å²) in [4.78, 5) is 11.4. The van der Waals surface area contributed by atoms with E-state index in [-0.39, 0.29) is 10.6 Å². The highest BCUT2D eigenvalue weighted by atomic mass is 35.5. The number of fused-ring (bicyclic) bond motifs is 1. The molecular formula is C22H21ClN4O2S. The molecule has 2 aromatic carbocycles. The molecule has 0 amide bonds. The van der Waals surface area contributed by atoms with Crippen LogP contribution in [-0.4, -0.2) is 31.5 Å². The third-order valence-corrected chi connectivity index (χ3v) is 7.43. The molecule has 0 aliphatic carbocycles. The summed E-state index contributed by atoms with van der Waals surface area (Å²) in [5.41, 5.74) is 1.40. The number of anilines is 1. The lowest BCUT2D eigenvalue weighted by molar-refractivity contribution is 0.443. The highest BCUT2D eigenvalue weighted by Gasteiger charge is 2.35. The molecule has 3 aromatic rings. The van der Waals surface area contributed by atoms with Crippen molar-refractivity contribution in [3.8, 4) is 6.07 Å². The van der Waals surface area contributed by atoms with Crippen molar-refractivity contribution in [2.45, 2.75) is 29.9 Å². The molecule has 2 heterocycles. The molecule has 0 saturated carbocycles. The molecule has 1 aliphatic rings. The van der Waals surface area contributed by atoms with Crippen LogP contribution in [0.2, 0.25) is 5.02 Å². The number of sulfone groups is 1. The Morgan fingerprint density at radius 2 is 1.90 bits per heavy atom. The van der Waals surface area contributed by atoms with Crippen LogP contribution in [0.3, 0.4) is 0 Å². The van der Waals surface area contributed by atoms with Gasteiger partial charge in [0.05, 0.1) is 22.0 Å². The van der Waals surface area contributed by atoms with Gasteiger partial charge in [-0.1, -0.05) is 36.7 Å². The zero-order valence-corrected chi connectivity index (χ0v) is 18.1. The Hall–Kier alpha value is -2.69. The maximum Gasteiger partial charge on any atom is 0.200 e. The Morgan fingerprint density at radius 1 is 1.17 bits per heavy atom. The first kappa shape index (κ1) is 20.6. The number of hydrogen-bond donors (Lipinski definition) is 0. The van der Waals surface area contributed by atoms with Crippen molar-refractivity contribution < 1.29 is 8.42 Å². The van der Waals surface area contributed by atoms with E-state index >= 15 is 0 Å². The second-order valence-electron chi connectivity index (χ2n) is 7.63. The number of para-hydroxylation sites is 2. The van der Waals surface area contributed by atoms with Gasteiger partial charge in [0, 0.05) is 18.1 Å². The highest BCUT2D eigenvalue weighted by molar-refractivity contribution is 7.92. The summed E-state index contributed by atoms with van der Waals surface area (Å²) in [6.45, 7) is 3.65. The number of nitriles is 1. The average Bonchev–Trinajstić information content (AvgIpc) is 2.73. The molecule has 0 spiro atoms. The van der Waals surface area contributed by atoms with Crippen LogP contribution in [0.15, 0.2) is 53.4 Å². The van der Waals surface area contributed by atoms with Gasteiger partial charge in [-0.15, -0.1) is 0 Å². The average molecular weight is 441 g/mol. The summed E-state index contributed by atoms with van der Waals surface area (Å²) < 4.78 is 26.8. The van der Waals surface area contributed by atoms with Gasteiger partial charge in [0.1, 0.15) is 5.69 Å². The second kappa shape index (κ2) is 8.21. The predicted octanol–water partition coefficient (Wildman–Crippen LogP) is 4.56.